The van der Waals surface area contributed by atoms with Crippen LogP contribution in [0.1, 0.15) is 16.1 Å². The zero-order valence-electron chi connectivity index (χ0n) is 8.95. The van der Waals surface area contributed by atoms with Crippen molar-refractivity contribution in [2.45, 2.75) is 0 Å². The molecular formula is C12H10N4O. The van der Waals surface area contributed by atoms with Crippen LogP contribution in [0.4, 0.5) is 0 Å². The molecule has 0 spiro atoms. The van der Waals surface area contributed by atoms with Gasteiger partial charge in [0.1, 0.15) is 5.69 Å². The number of benzene rings is 1. The molecule has 5 nitrogen and oxygen atoms in total. The number of carbonyl (C=O) groups excluding carboxylic acids is 1. The van der Waals surface area contributed by atoms with Crippen molar-refractivity contribution in [3.05, 3.63) is 60.2 Å². The van der Waals surface area contributed by atoms with E-state index in [1.165, 1.54) is 18.6 Å². The third-order valence-electron chi connectivity index (χ3n) is 1.98. The van der Waals surface area contributed by atoms with Crippen molar-refractivity contribution in [1.82, 2.24) is 15.4 Å². The molecule has 0 saturated heterocycles. The molecule has 2 aromatic rings. The van der Waals surface area contributed by atoms with Crippen LogP contribution in [0, 0.1) is 0 Å². The molecule has 1 amide bonds. The molecule has 1 aromatic heterocycles. The van der Waals surface area contributed by atoms with Crippen LogP contribution >= 0.6 is 0 Å². The lowest BCUT2D eigenvalue weighted by Crippen LogP contribution is -2.19. The lowest BCUT2D eigenvalue weighted by atomic mass is 10.2. The van der Waals surface area contributed by atoms with E-state index in [0.29, 0.717) is 0 Å². The molecule has 1 aromatic carbocycles. The fraction of sp³-hybridized carbons (Fsp3) is 0. The van der Waals surface area contributed by atoms with E-state index in [1.807, 2.05) is 30.3 Å². The zero-order chi connectivity index (χ0) is 11.9. The van der Waals surface area contributed by atoms with Crippen molar-refractivity contribution in [2.24, 2.45) is 5.10 Å². The molecule has 0 unspecified atom stereocenters. The molecule has 0 bridgehead atoms. The highest BCUT2D eigenvalue weighted by Crippen LogP contribution is 1.94. The van der Waals surface area contributed by atoms with Gasteiger partial charge in [-0.3, -0.25) is 9.78 Å². The van der Waals surface area contributed by atoms with Gasteiger partial charge in [-0.15, -0.1) is 0 Å². The van der Waals surface area contributed by atoms with Crippen LogP contribution < -0.4 is 5.43 Å². The Hall–Kier alpha value is -2.56. The number of aromatic nitrogens is 2. The summed E-state index contributed by atoms with van der Waals surface area (Å²) in [6.45, 7) is 0. The second-order valence-corrected chi connectivity index (χ2v) is 3.20. The second-order valence-electron chi connectivity index (χ2n) is 3.20. The highest BCUT2D eigenvalue weighted by Gasteiger charge is 2.03. The summed E-state index contributed by atoms with van der Waals surface area (Å²) < 4.78 is 0. The van der Waals surface area contributed by atoms with Gasteiger partial charge in [0.25, 0.3) is 5.91 Å². The number of amides is 1. The molecule has 0 atom stereocenters. The number of carbonyl (C=O) groups is 1. The van der Waals surface area contributed by atoms with E-state index in [9.17, 15) is 4.79 Å². The first-order valence-corrected chi connectivity index (χ1v) is 5.01. The Balaban J connectivity index is 1.95. The average Bonchev–Trinajstić information content (AvgIpc) is 2.41. The molecule has 0 radical (unpaired) electrons. The quantitative estimate of drug-likeness (QED) is 0.632. The lowest BCUT2D eigenvalue weighted by Gasteiger charge is -1.97. The van der Waals surface area contributed by atoms with Crippen LogP contribution in [0.3, 0.4) is 0 Å². The maximum atomic E-state index is 11.5. The summed E-state index contributed by atoms with van der Waals surface area (Å²) in [5.41, 5.74) is 3.52. The summed E-state index contributed by atoms with van der Waals surface area (Å²) in [5, 5.41) is 3.83. The first kappa shape index (κ1) is 10.9. The van der Waals surface area contributed by atoms with E-state index in [-0.39, 0.29) is 11.6 Å². The predicted octanol–water partition coefficient (Wildman–Crippen LogP) is 1.24. The van der Waals surface area contributed by atoms with Gasteiger partial charge in [0, 0.05) is 12.4 Å². The van der Waals surface area contributed by atoms with Gasteiger partial charge in [-0.2, -0.15) is 5.10 Å². The van der Waals surface area contributed by atoms with Crippen molar-refractivity contribution in [1.29, 1.82) is 0 Å². The maximum absolute atomic E-state index is 11.5. The maximum Gasteiger partial charge on any atom is 0.291 e. The topological polar surface area (TPSA) is 67.2 Å². The SMILES string of the molecule is O=C(N/N=C/c1ccccc1)c1cnccn1. The van der Waals surface area contributed by atoms with Crippen molar-refractivity contribution in [3.63, 3.8) is 0 Å². The van der Waals surface area contributed by atoms with E-state index in [2.05, 4.69) is 20.5 Å². The number of rotatable bonds is 3. The highest BCUT2D eigenvalue weighted by atomic mass is 16.2. The Morgan fingerprint density at radius 2 is 2.06 bits per heavy atom. The van der Waals surface area contributed by atoms with Crippen molar-refractivity contribution >= 4 is 12.1 Å². The molecular weight excluding hydrogens is 216 g/mol. The molecule has 0 fully saturated rings. The molecule has 0 aliphatic carbocycles. The Morgan fingerprint density at radius 3 is 2.76 bits per heavy atom. The minimum absolute atomic E-state index is 0.234. The number of nitrogens with one attached hydrogen (secondary N) is 1. The Labute approximate surface area is 98.2 Å². The van der Waals surface area contributed by atoms with Gasteiger partial charge in [0.05, 0.1) is 12.4 Å². The fourth-order valence-corrected chi connectivity index (χ4v) is 1.18. The normalized spacial score (nSPS) is 10.4. The van der Waals surface area contributed by atoms with Gasteiger partial charge in [-0.25, -0.2) is 10.4 Å². The van der Waals surface area contributed by atoms with Gasteiger partial charge < -0.3 is 0 Å². The fourth-order valence-electron chi connectivity index (χ4n) is 1.18. The number of hydrogen-bond donors (Lipinski definition) is 1. The van der Waals surface area contributed by atoms with Gasteiger partial charge in [-0.1, -0.05) is 30.3 Å². The Kier molecular flexibility index (Phi) is 3.54. The summed E-state index contributed by atoms with van der Waals surface area (Å²) in [6, 6.07) is 9.48. The predicted molar refractivity (Wildman–Crippen MR) is 63.5 cm³/mol. The molecule has 17 heavy (non-hydrogen) atoms. The van der Waals surface area contributed by atoms with Crippen LogP contribution in [-0.4, -0.2) is 22.1 Å². The standard InChI is InChI=1S/C12H10N4O/c17-12(11-9-13-6-7-14-11)16-15-8-10-4-2-1-3-5-10/h1-9H,(H,16,17)/b15-8+. The molecule has 0 aliphatic rings. The third-order valence-corrected chi connectivity index (χ3v) is 1.98. The summed E-state index contributed by atoms with van der Waals surface area (Å²) in [5.74, 6) is -0.384. The monoisotopic (exact) mass is 226 g/mol. The highest BCUT2D eigenvalue weighted by molar-refractivity contribution is 5.92. The molecule has 1 N–H and O–H groups in total. The van der Waals surface area contributed by atoms with Crippen LogP contribution in [-0.2, 0) is 0 Å². The second kappa shape index (κ2) is 5.50. The van der Waals surface area contributed by atoms with Crippen LogP contribution in [0.5, 0.6) is 0 Å². The summed E-state index contributed by atoms with van der Waals surface area (Å²) in [7, 11) is 0. The van der Waals surface area contributed by atoms with Gasteiger partial charge in [0.2, 0.25) is 0 Å². The van der Waals surface area contributed by atoms with E-state index < -0.39 is 0 Å². The average molecular weight is 226 g/mol. The van der Waals surface area contributed by atoms with E-state index in [4.69, 9.17) is 0 Å². The smallest absolute Gasteiger partial charge is 0.265 e. The molecule has 0 aliphatic heterocycles. The molecule has 0 saturated carbocycles. The van der Waals surface area contributed by atoms with E-state index in [0.717, 1.165) is 5.56 Å². The third kappa shape index (κ3) is 3.20. The number of hydrazone groups is 1. The zero-order valence-corrected chi connectivity index (χ0v) is 8.95. The van der Waals surface area contributed by atoms with Crippen molar-refractivity contribution < 1.29 is 4.79 Å². The minimum Gasteiger partial charge on any atom is -0.265 e. The molecule has 2 rings (SSSR count). The molecule has 5 heteroatoms. The summed E-state index contributed by atoms with van der Waals surface area (Å²) in [6.07, 6.45) is 5.90. The number of nitrogens with zero attached hydrogens (tertiary/aromatic N) is 3. The summed E-state index contributed by atoms with van der Waals surface area (Å²) >= 11 is 0. The van der Waals surface area contributed by atoms with Crippen LogP contribution in [0.2, 0.25) is 0 Å². The van der Waals surface area contributed by atoms with Gasteiger partial charge in [-0.05, 0) is 5.56 Å². The number of hydrogen-bond acceptors (Lipinski definition) is 4. The first-order valence-electron chi connectivity index (χ1n) is 5.01. The van der Waals surface area contributed by atoms with Crippen LogP contribution in [0.25, 0.3) is 0 Å². The van der Waals surface area contributed by atoms with Crippen LogP contribution in [0.15, 0.2) is 54.0 Å². The Bertz CT molecular complexity index is 511. The van der Waals surface area contributed by atoms with E-state index >= 15 is 0 Å². The molecule has 84 valence electrons. The van der Waals surface area contributed by atoms with Gasteiger partial charge in [0.15, 0.2) is 0 Å². The van der Waals surface area contributed by atoms with Gasteiger partial charge >= 0.3 is 0 Å². The first-order chi connectivity index (χ1) is 8.36. The minimum atomic E-state index is -0.384. The molecule has 1 heterocycles. The Morgan fingerprint density at radius 1 is 1.24 bits per heavy atom. The van der Waals surface area contributed by atoms with E-state index in [1.54, 1.807) is 6.21 Å². The summed E-state index contributed by atoms with van der Waals surface area (Å²) in [4.78, 5) is 19.2. The van der Waals surface area contributed by atoms with Crippen molar-refractivity contribution in [2.75, 3.05) is 0 Å². The lowest BCUT2D eigenvalue weighted by molar-refractivity contribution is 0.0950. The van der Waals surface area contributed by atoms with Crippen molar-refractivity contribution in [3.8, 4) is 0 Å². The largest absolute Gasteiger partial charge is 0.291 e.